The van der Waals surface area contributed by atoms with E-state index >= 15 is 0 Å². The highest BCUT2D eigenvalue weighted by molar-refractivity contribution is 5.81. The summed E-state index contributed by atoms with van der Waals surface area (Å²) in [6.07, 6.45) is 4.74. The molecule has 0 aliphatic carbocycles. The van der Waals surface area contributed by atoms with Crippen LogP contribution in [0.3, 0.4) is 0 Å². The Morgan fingerprint density at radius 2 is 2.00 bits per heavy atom. The Hall–Kier alpha value is -3.28. The first-order valence-corrected chi connectivity index (χ1v) is 7.11. The Balaban J connectivity index is 1.79. The van der Waals surface area contributed by atoms with E-state index in [1.807, 2.05) is 30.3 Å². The minimum atomic E-state index is -0.0961. The van der Waals surface area contributed by atoms with Gasteiger partial charge in [0.15, 0.2) is 0 Å². The molecule has 3 heterocycles. The van der Waals surface area contributed by atoms with Gasteiger partial charge in [-0.3, -0.25) is 9.78 Å². The SMILES string of the molecule is O=c1ccc(-c2nnco2)cn1Cc1cccc2cccnc12. The molecule has 0 bridgehead atoms. The Bertz CT molecular complexity index is 1020. The molecule has 0 saturated carbocycles. The quantitative estimate of drug-likeness (QED) is 0.581. The summed E-state index contributed by atoms with van der Waals surface area (Å²) in [7, 11) is 0. The first kappa shape index (κ1) is 13.4. The second-order valence-electron chi connectivity index (χ2n) is 5.12. The predicted molar refractivity (Wildman–Crippen MR) is 84.8 cm³/mol. The molecule has 4 aromatic rings. The van der Waals surface area contributed by atoms with Gasteiger partial charge in [-0.25, -0.2) is 0 Å². The maximum atomic E-state index is 12.2. The van der Waals surface area contributed by atoms with Crippen LogP contribution < -0.4 is 5.56 Å². The van der Waals surface area contributed by atoms with Crippen molar-refractivity contribution < 1.29 is 4.42 Å². The summed E-state index contributed by atoms with van der Waals surface area (Å²) >= 11 is 0. The first-order valence-electron chi connectivity index (χ1n) is 7.11. The molecule has 6 nitrogen and oxygen atoms in total. The molecule has 0 fully saturated rings. The van der Waals surface area contributed by atoms with Gasteiger partial charge in [0.1, 0.15) is 0 Å². The molecule has 0 N–H and O–H groups in total. The van der Waals surface area contributed by atoms with E-state index in [1.165, 1.54) is 12.5 Å². The maximum Gasteiger partial charge on any atom is 0.250 e. The summed E-state index contributed by atoms with van der Waals surface area (Å²) in [5.41, 5.74) is 2.48. The second-order valence-corrected chi connectivity index (χ2v) is 5.12. The lowest BCUT2D eigenvalue weighted by Crippen LogP contribution is -2.19. The molecule has 0 aliphatic rings. The molecule has 0 unspecified atom stereocenters. The molecule has 0 atom stereocenters. The van der Waals surface area contributed by atoms with Crippen molar-refractivity contribution in [2.75, 3.05) is 0 Å². The molecule has 0 spiro atoms. The molecule has 23 heavy (non-hydrogen) atoms. The zero-order chi connectivity index (χ0) is 15.6. The Morgan fingerprint density at radius 1 is 1.09 bits per heavy atom. The van der Waals surface area contributed by atoms with E-state index in [2.05, 4.69) is 15.2 Å². The zero-order valence-corrected chi connectivity index (χ0v) is 12.1. The van der Waals surface area contributed by atoms with Crippen LogP contribution >= 0.6 is 0 Å². The third-order valence-electron chi connectivity index (χ3n) is 3.65. The van der Waals surface area contributed by atoms with Crippen LogP contribution in [-0.4, -0.2) is 19.7 Å². The fourth-order valence-electron chi connectivity index (χ4n) is 2.56. The first-order chi connectivity index (χ1) is 11.3. The number of benzene rings is 1. The van der Waals surface area contributed by atoms with Gasteiger partial charge in [0.05, 0.1) is 17.6 Å². The molecule has 0 aliphatic heterocycles. The Kier molecular flexibility index (Phi) is 3.20. The van der Waals surface area contributed by atoms with Gasteiger partial charge in [0.25, 0.3) is 5.56 Å². The number of fused-ring (bicyclic) bond motifs is 1. The largest absolute Gasteiger partial charge is 0.423 e. The van der Waals surface area contributed by atoms with Crippen LogP contribution in [0.1, 0.15) is 5.56 Å². The van der Waals surface area contributed by atoms with Crippen molar-refractivity contribution in [3.05, 3.63) is 77.2 Å². The van der Waals surface area contributed by atoms with Crippen molar-refractivity contribution >= 4 is 10.9 Å². The standard InChI is InChI=1S/C17H12N4O2/c22-15-7-6-14(17-20-19-11-23-17)10-21(15)9-13-4-1-3-12-5-2-8-18-16(12)13/h1-8,10-11H,9H2. The molecule has 6 heteroatoms. The van der Waals surface area contributed by atoms with Gasteiger partial charge in [0.2, 0.25) is 12.3 Å². The predicted octanol–water partition coefficient (Wildman–Crippen LogP) is 2.49. The van der Waals surface area contributed by atoms with Gasteiger partial charge in [-0.05, 0) is 17.7 Å². The molecule has 0 radical (unpaired) electrons. The van der Waals surface area contributed by atoms with E-state index in [-0.39, 0.29) is 5.56 Å². The van der Waals surface area contributed by atoms with Crippen molar-refractivity contribution in [1.29, 1.82) is 0 Å². The van der Waals surface area contributed by atoms with Gasteiger partial charge < -0.3 is 8.98 Å². The number of pyridine rings is 2. The van der Waals surface area contributed by atoms with E-state index in [4.69, 9.17) is 4.42 Å². The summed E-state index contributed by atoms with van der Waals surface area (Å²) < 4.78 is 6.80. The average Bonchev–Trinajstić information content (AvgIpc) is 3.12. The normalized spacial score (nSPS) is 11.0. The number of rotatable bonds is 3. The van der Waals surface area contributed by atoms with Crippen LogP contribution in [0.25, 0.3) is 22.4 Å². The Labute approximate surface area is 131 Å². The van der Waals surface area contributed by atoms with Crippen LogP contribution in [0.5, 0.6) is 0 Å². The molecule has 0 amide bonds. The highest BCUT2D eigenvalue weighted by atomic mass is 16.4. The fourth-order valence-corrected chi connectivity index (χ4v) is 2.56. The number of aromatic nitrogens is 4. The van der Waals surface area contributed by atoms with E-state index in [0.29, 0.717) is 18.0 Å². The van der Waals surface area contributed by atoms with Crippen molar-refractivity contribution in [3.8, 4) is 11.5 Å². The van der Waals surface area contributed by atoms with Crippen LogP contribution in [-0.2, 0) is 6.54 Å². The summed E-state index contributed by atoms with van der Waals surface area (Å²) in [4.78, 5) is 16.6. The summed E-state index contributed by atoms with van der Waals surface area (Å²) in [5.74, 6) is 0.384. The highest BCUT2D eigenvalue weighted by Gasteiger charge is 2.08. The van der Waals surface area contributed by atoms with E-state index in [9.17, 15) is 4.79 Å². The van der Waals surface area contributed by atoms with Gasteiger partial charge >= 0.3 is 0 Å². The lowest BCUT2D eigenvalue weighted by Gasteiger charge is -2.09. The lowest BCUT2D eigenvalue weighted by atomic mass is 10.1. The maximum absolute atomic E-state index is 12.2. The molecule has 4 rings (SSSR count). The van der Waals surface area contributed by atoms with Crippen molar-refractivity contribution in [1.82, 2.24) is 19.7 Å². The monoisotopic (exact) mass is 304 g/mol. The lowest BCUT2D eigenvalue weighted by molar-refractivity contribution is 0.567. The Morgan fingerprint density at radius 3 is 2.87 bits per heavy atom. The average molecular weight is 304 g/mol. The summed E-state index contributed by atoms with van der Waals surface area (Å²) in [6.45, 7) is 0.426. The second kappa shape index (κ2) is 5.49. The van der Waals surface area contributed by atoms with Gasteiger partial charge in [-0.2, -0.15) is 0 Å². The van der Waals surface area contributed by atoms with Gasteiger partial charge in [-0.1, -0.05) is 24.3 Å². The number of para-hydroxylation sites is 1. The van der Waals surface area contributed by atoms with Gasteiger partial charge in [0, 0.05) is 23.8 Å². The molecular weight excluding hydrogens is 292 g/mol. The third kappa shape index (κ3) is 2.50. The fraction of sp³-hybridized carbons (Fsp3) is 0.0588. The van der Waals surface area contributed by atoms with Crippen LogP contribution in [0, 0.1) is 0 Å². The zero-order valence-electron chi connectivity index (χ0n) is 12.1. The summed E-state index contributed by atoms with van der Waals surface area (Å²) in [6, 6.07) is 13.0. The van der Waals surface area contributed by atoms with E-state index in [0.717, 1.165) is 16.5 Å². The molecular formula is C17H12N4O2. The molecule has 3 aromatic heterocycles. The van der Waals surface area contributed by atoms with E-state index < -0.39 is 0 Å². The van der Waals surface area contributed by atoms with E-state index in [1.54, 1.807) is 23.0 Å². The summed E-state index contributed by atoms with van der Waals surface area (Å²) in [5, 5.41) is 8.58. The number of hydrogen-bond donors (Lipinski definition) is 0. The number of hydrogen-bond acceptors (Lipinski definition) is 5. The highest BCUT2D eigenvalue weighted by Crippen LogP contribution is 2.18. The molecule has 1 aromatic carbocycles. The van der Waals surface area contributed by atoms with Crippen molar-refractivity contribution in [3.63, 3.8) is 0 Å². The van der Waals surface area contributed by atoms with Gasteiger partial charge in [-0.15, -0.1) is 10.2 Å². The molecule has 112 valence electrons. The minimum Gasteiger partial charge on any atom is -0.423 e. The smallest absolute Gasteiger partial charge is 0.250 e. The van der Waals surface area contributed by atoms with Crippen LogP contribution in [0.4, 0.5) is 0 Å². The van der Waals surface area contributed by atoms with Crippen molar-refractivity contribution in [2.45, 2.75) is 6.54 Å². The van der Waals surface area contributed by atoms with Crippen LogP contribution in [0.2, 0.25) is 0 Å². The number of nitrogens with zero attached hydrogens (tertiary/aromatic N) is 4. The topological polar surface area (TPSA) is 73.8 Å². The minimum absolute atomic E-state index is 0.0961. The van der Waals surface area contributed by atoms with Crippen LogP contribution in [0.15, 0.2) is 70.5 Å². The van der Waals surface area contributed by atoms with Crippen molar-refractivity contribution in [2.24, 2.45) is 0 Å². The third-order valence-corrected chi connectivity index (χ3v) is 3.65. The molecule has 0 saturated heterocycles.